The summed E-state index contributed by atoms with van der Waals surface area (Å²) in [5, 5.41) is 25.9. The zero-order chi connectivity index (χ0) is 50.4. The van der Waals surface area contributed by atoms with E-state index in [2.05, 4.69) is 41.7 Å². The van der Waals surface area contributed by atoms with Crippen molar-refractivity contribution in [1.29, 1.82) is 0 Å². The van der Waals surface area contributed by atoms with Crippen LogP contribution >= 0.6 is 58.0 Å². The largest absolute Gasteiger partial charge is 0.493 e. The summed E-state index contributed by atoms with van der Waals surface area (Å²) in [6, 6.07) is 20.0. The number of Topliss-reactive ketones (excluding diaryl/α,β-unsaturated/α-hetero) is 2. The fourth-order valence-corrected chi connectivity index (χ4v) is 7.50. The number of amides is 4. The number of azo groups is 2. The van der Waals surface area contributed by atoms with Gasteiger partial charge in [0.1, 0.15) is 22.9 Å². The van der Waals surface area contributed by atoms with E-state index < -0.39 is 52.7 Å². The molecule has 16 nitrogen and oxygen atoms in total. The van der Waals surface area contributed by atoms with Crippen LogP contribution in [0, 0.1) is 0 Å². The van der Waals surface area contributed by atoms with E-state index in [-0.39, 0.29) is 55.7 Å². The zero-order valence-corrected chi connectivity index (χ0v) is 41.4. The third kappa shape index (κ3) is 14.1. The molecule has 3 unspecified atom stereocenters. The lowest BCUT2D eigenvalue weighted by atomic mass is 10.1. The molecule has 5 rings (SSSR count). The van der Waals surface area contributed by atoms with Crippen molar-refractivity contribution in [2.75, 3.05) is 34.5 Å². The molecule has 0 fully saturated rings. The van der Waals surface area contributed by atoms with Gasteiger partial charge in [0.2, 0.25) is 12.1 Å². The van der Waals surface area contributed by atoms with Gasteiger partial charge >= 0.3 is 0 Å². The number of nitrogens with zero attached hydrogens (tertiary/aromatic N) is 4. The van der Waals surface area contributed by atoms with Crippen LogP contribution in [-0.4, -0.2) is 60.5 Å². The SMILES string of the molecule is CCOc1cc(NC(=O)c2cccc(N=NC(C(C)=O)C(=O)Nc3ccc(NC(=O)C(N=Nc4cccc(C(=O)Nc5ccc(CCl)c(OCC)c5)c4Cl)C(C)=O)c(C(C)Cl)c3)c2Cl)ccc1CCl. The van der Waals surface area contributed by atoms with Crippen molar-refractivity contribution >= 4 is 127 Å². The van der Waals surface area contributed by atoms with Crippen LogP contribution < -0.4 is 30.7 Å². The molecule has 0 saturated heterocycles. The number of hydrogen-bond acceptors (Lipinski definition) is 12. The minimum absolute atomic E-state index is 0.0104. The summed E-state index contributed by atoms with van der Waals surface area (Å²) in [4.78, 5) is 79.0. The highest BCUT2D eigenvalue weighted by Gasteiger charge is 2.27. The van der Waals surface area contributed by atoms with Crippen LogP contribution in [0.5, 0.6) is 11.5 Å². The van der Waals surface area contributed by atoms with Crippen molar-refractivity contribution in [3.63, 3.8) is 0 Å². The topological polar surface area (TPSA) is 218 Å². The summed E-state index contributed by atoms with van der Waals surface area (Å²) in [6.07, 6.45) is 0. The monoisotopic (exact) mass is 1040 g/mol. The molecule has 5 aromatic rings. The van der Waals surface area contributed by atoms with E-state index in [1.807, 2.05) is 13.8 Å². The summed E-state index contributed by atoms with van der Waals surface area (Å²) < 4.78 is 11.3. The highest BCUT2D eigenvalue weighted by atomic mass is 35.5. The molecule has 4 amide bonds. The molecule has 4 N–H and O–H groups in total. The number of hydrogen-bond donors (Lipinski definition) is 4. The van der Waals surface area contributed by atoms with Crippen LogP contribution in [-0.2, 0) is 30.9 Å². The van der Waals surface area contributed by atoms with Gasteiger partial charge in [0.15, 0.2) is 11.6 Å². The number of benzene rings is 5. The van der Waals surface area contributed by atoms with Gasteiger partial charge in [-0.1, -0.05) is 47.5 Å². The van der Waals surface area contributed by atoms with E-state index in [0.29, 0.717) is 41.7 Å². The Hall–Kier alpha value is -6.43. The molecule has 0 radical (unpaired) electrons. The van der Waals surface area contributed by atoms with Gasteiger partial charge in [-0.15, -0.1) is 34.8 Å². The predicted molar refractivity (Wildman–Crippen MR) is 269 cm³/mol. The second-order valence-corrected chi connectivity index (χ2v) is 16.8. The quantitative estimate of drug-likeness (QED) is 0.0314. The van der Waals surface area contributed by atoms with Gasteiger partial charge in [-0.25, -0.2) is 0 Å². The molecule has 0 saturated carbocycles. The second kappa shape index (κ2) is 25.3. The summed E-state index contributed by atoms with van der Waals surface area (Å²) in [7, 11) is 0. The summed E-state index contributed by atoms with van der Waals surface area (Å²) >= 11 is 31.7. The highest BCUT2D eigenvalue weighted by Crippen LogP contribution is 2.34. The standard InChI is InChI=1S/C48H45Cl5N8O8/c1-6-68-39-21-31(16-14-28(39)23-49)54-45(64)33-10-8-12-37(41(33)52)58-60-43(26(4)62)47(66)56-30-18-19-36(35(20-30)25(3)51)57-48(67)44(27(5)63)61-59-38-13-9-11-34(42(38)53)46(65)55-32-17-15-29(24-50)40(22-32)69-7-2/h8-22,25,43-44H,6-7,23-24H2,1-5H3,(H,54,64)(H,55,65)(H,56,66)(H,57,67). The van der Waals surface area contributed by atoms with Crippen molar-refractivity contribution in [2.24, 2.45) is 20.5 Å². The molecule has 0 bridgehead atoms. The molecular weight excluding hydrogens is 994 g/mol. The molecule has 0 spiro atoms. The number of anilines is 4. The normalized spacial score (nSPS) is 12.5. The zero-order valence-electron chi connectivity index (χ0n) is 37.7. The molecule has 0 heterocycles. The Kier molecular flexibility index (Phi) is 19.6. The maximum atomic E-state index is 13.6. The summed E-state index contributed by atoms with van der Waals surface area (Å²) in [5.74, 6) is -2.73. The first-order valence-electron chi connectivity index (χ1n) is 21.0. The van der Waals surface area contributed by atoms with Gasteiger partial charge in [-0.3, -0.25) is 28.8 Å². The van der Waals surface area contributed by atoms with Crippen LogP contribution in [0.3, 0.4) is 0 Å². The molecule has 3 atom stereocenters. The van der Waals surface area contributed by atoms with Crippen LogP contribution in [0.25, 0.3) is 0 Å². The van der Waals surface area contributed by atoms with Gasteiger partial charge in [-0.05, 0) is 94.8 Å². The molecule has 360 valence electrons. The first-order valence-corrected chi connectivity index (χ1v) is 23.3. The summed E-state index contributed by atoms with van der Waals surface area (Å²) in [5.41, 5.74) is 3.13. The lowest BCUT2D eigenvalue weighted by molar-refractivity contribution is -0.127. The van der Waals surface area contributed by atoms with Gasteiger partial charge in [0, 0.05) is 46.0 Å². The molecule has 69 heavy (non-hydrogen) atoms. The third-order valence-electron chi connectivity index (χ3n) is 9.82. The van der Waals surface area contributed by atoms with Crippen molar-refractivity contribution < 1.29 is 38.2 Å². The van der Waals surface area contributed by atoms with E-state index >= 15 is 0 Å². The van der Waals surface area contributed by atoms with E-state index in [9.17, 15) is 28.8 Å². The Labute approximate surface area is 422 Å². The third-order valence-corrected chi connectivity index (χ3v) is 11.4. The first kappa shape index (κ1) is 53.5. The van der Waals surface area contributed by atoms with Gasteiger partial charge in [0.25, 0.3) is 23.6 Å². The number of ketones is 2. The maximum Gasteiger partial charge on any atom is 0.258 e. The lowest BCUT2D eigenvalue weighted by Crippen LogP contribution is -2.32. The Morgan fingerprint density at radius 3 is 1.41 bits per heavy atom. The Balaban J connectivity index is 1.28. The van der Waals surface area contributed by atoms with Crippen molar-refractivity contribution in [3.05, 3.63) is 129 Å². The first-order chi connectivity index (χ1) is 33.0. The van der Waals surface area contributed by atoms with Gasteiger partial charge in [0.05, 0.1) is 51.5 Å². The van der Waals surface area contributed by atoms with E-state index in [4.69, 9.17) is 67.5 Å². The number of carbonyl (C=O) groups is 6. The molecule has 0 aliphatic heterocycles. The van der Waals surface area contributed by atoms with Gasteiger partial charge in [-0.2, -0.15) is 20.5 Å². The Bertz CT molecular complexity index is 2820. The fourth-order valence-electron chi connectivity index (χ4n) is 6.38. The van der Waals surface area contributed by atoms with E-state index in [1.54, 1.807) is 43.3 Å². The number of carbonyl (C=O) groups excluding carboxylic acids is 6. The van der Waals surface area contributed by atoms with E-state index in [1.165, 1.54) is 54.6 Å². The molecule has 0 aromatic heterocycles. The van der Waals surface area contributed by atoms with Crippen molar-refractivity contribution in [2.45, 2.75) is 63.8 Å². The van der Waals surface area contributed by atoms with Crippen molar-refractivity contribution in [1.82, 2.24) is 0 Å². The summed E-state index contributed by atoms with van der Waals surface area (Å²) in [6.45, 7) is 8.34. The molecular formula is C48H45Cl5N8O8. The lowest BCUT2D eigenvalue weighted by Gasteiger charge is -2.17. The fraction of sp³-hybridized carbons (Fsp3) is 0.250. The average Bonchev–Trinajstić information content (AvgIpc) is 3.30. The molecule has 5 aromatic carbocycles. The number of rotatable bonds is 21. The predicted octanol–water partition coefficient (Wildman–Crippen LogP) is 12.4. The minimum atomic E-state index is -1.65. The Morgan fingerprint density at radius 1 is 0.580 bits per heavy atom. The van der Waals surface area contributed by atoms with Crippen LogP contribution in [0.4, 0.5) is 34.1 Å². The van der Waals surface area contributed by atoms with E-state index in [0.717, 1.165) is 25.0 Å². The molecule has 21 heteroatoms. The number of ether oxygens (including phenoxy) is 2. The Morgan fingerprint density at radius 2 is 1.00 bits per heavy atom. The minimum Gasteiger partial charge on any atom is -0.493 e. The number of halogens is 5. The number of nitrogens with one attached hydrogen (secondary N) is 4. The average molecular weight is 1040 g/mol. The smallest absolute Gasteiger partial charge is 0.258 e. The highest BCUT2D eigenvalue weighted by molar-refractivity contribution is 6.37. The van der Waals surface area contributed by atoms with Crippen molar-refractivity contribution in [3.8, 4) is 11.5 Å². The van der Waals surface area contributed by atoms with Crippen LogP contribution in [0.2, 0.25) is 10.0 Å². The molecule has 0 aliphatic rings. The van der Waals surface area contributed by atoms with Crippen LogP contribution in [0.15, 0.2) is 111 Å². The maximum absolute atomic E-state index is 13.6. The van der Waals surface area contributed by atoms with Crippen LogP contribution in [0.1, 0.15) is 77.4 Å². The van der Waals surface area contributed by atoms with Gasteiger partial charge < -0.3 is 30.7 Å². The second-order valence-electron chi connectivity index (χ2n) is 14.8. The molecule has 0 aliphatic carbocycles. The number of alkyl halides is 3.